The molecule has 26 heavy (non-hydrogen) atoms. The second kappa shape index (κ2) is 8.24. The lowest BCUT2D eigenvalue weighted by atomic mass is 10.1. The van der Waals surface area contributed by atoms with Crippen LogP contribution in [-0.4, -0.2) is 25.2 Å². The Kier molecular flexibility index (Phi) is 5.58. The Hall–Kier alpha value is -3.22. The minimum atomic E-state index is -0.428. The number of amides is 1. The summed E-state index contributed by atoms with van der Waals surface area (Å²) in [5.74, 6) is 1.81. The lowest BCUT2D eigenvalue weighted by Gasteiger charge is -2.11. The summed E-state index contributed by atoms with van der Waals surface area (Å²) in [6.45, 7) is 4.15. The average molecular weight is 354 g/mol. The first-order valence-electron chi connectivity index (χ1n) is 8.45. The molecule has 7 heteroatoms. The van der Waals surface area contributed by atoms with Gasteiger partial charge in [0.15, 0.2) is 17.5 Å². The summed E-state index contributed by atoms with van der Waals surface area (Å²) in [5, 5.41) is 6.49. The van der Waals surface area contributed by atoms with Crippen molar-refractivity contribution in [1.82, 2.24) is 10.6 Å². The van der Waals surface area contributed by atoms with Crippen LogP contribution in [0.25, 0.3) is 0 Å². The van der Waals surface area contributed by atoms with Crippen LogP contribution in [0.3, 0.4) is 0 Å². The molecule has 1 aliphatic heterocycles. The molecule has 136 valence electrons. The van der Waals surface area contributed by atoms with E-state index in [-0.39, 0.29) is 6.79 Å². The Bertz CT molecular complexity index is 803. The van der Waals surface area contributed by atoms with Gasteiger partial charge in [-0.15, -0.1) is 0 Å². The number of primary amides is 1. The normalized spacial score (nSPS) is 12.7. The number of hydrogen-bond acceptors (Lipinski definition) is 4. The minimum absolute atomic E-state index is 0.265. The summed E-state index contributed by atoms with van der Waals surface area (Å²) < 4.78 is 10.7. The topological polar surface area (TPSA) is 98.0 Å². The number of carbonyl (C=O) groups is 1. The fraction of sp³-hybridized carbons (Fsp3) is 0.263. The largest absolute Gasteiger partial charge is 0.454 e. The summed E-state index contributed by atoms with van der Waals surface area (Å²) in [7, 11) is 0. The number of fused-ring (bicyclic) bond motifs is 1. The van der Waals surface area contributed by atoms with Crippen LogP contribution in [0.4, 0.5) is 0 Å². The smallest absolute Gasteiger partial charge is 0.248 e. The fourth-order valence-corrected chi connectivity index (χ4v) is 2.52. The first kappa shape index (κ1) is 17.6. The zero-order chi connectivity index (χ0) is 18.4. The zero-order valence-corrected chi connectivity index (χ0v) is 14.6. The standard InChI is InChI=1S/C19H22N4O3/c1-2-21-19(22-10-13-3-6-15(7-4-13)18(20)24)23-11-14-5-8-16-17(9-14)26-12-25-16/h3-9H,2,10-12H2,1H3,(H2,20,24)(H2,21,22,23). The van der Waals surface area contributed by atoms with Gasteiger partial charge in [0.05, 0.1) is 6.54 Å². The molecule has 0 spiro atoms. The molecule has 0 fully saturated rings. The highest BCUT2D eigenvalue weighted by Crippen LogP contribution is 2.32. The number of nitrogens with one attached hydrogen (secondary N) is 2. The molecule has 0 atom stereocenters. The lowest BCUT2D eigenvalue weighted by Crippen LogP contribution is -2.36. The molecule has 0 aromatic heterocycles. The number of nitrogens with zero attached hydrogens (tertiary/aromatic N) is 1. The highest BCUT2D eigenvalue weighted by molar-refractivity contribution is 5.92. The third kappa shape index (κ3) is 4.44. The van der Waals surface area contributed by atoms with Gasteiger partial charge in [-0.2, -0.15) is 0 Å². The van der Waals surface area contributed by atoms with E-state index in [4.69, 9.17) is 15.2 Å². The van der Waals surface area contributed by atoms with Crippen LogP contribution in [0, 0.1) is 0 Å². The predicted octanol–water partition coefficient (Wildman–Crippen LogP) is 1.77. The maximum Gasteiger partial charge on any atom is 0.248 e. The number of carbonyl (C=O) groups excluding carboxylic acids is 1. The van der Waals surface area contributed by atoms with E-state index in [2.05, 4.69) is 15.6 Å². The summed E-state index contributed by atoms with van der Waals surface area (Å²) in [5.41, 5.74) is 7.82. The Labute approximate surface area is 152 Å². The van der Waals surface area contributed by atoms with Crippen LogP contribution in [0.1, 0.15) is 28.4 Å². The van der Waals surface area contributed by atoms with Crippen LogP contribution in [-0.2, 0) is 13.1 Å². The molecule has 2 aromatic carbocycles. The van der Waals surface area contributed by atoms with Crippen LogP contribution in [0.15, 0.2) is 47.5 Å². The number of aliphatic imine (C=N–C) groups is 1. The maximum atomic E-state index is 11.1. The lowest BCUT2D eigenvalue weighted by molar-refractivity contribution is 0.1000. The molecule has 0 bridgehead atoms. The quantitative estimate of drug-likeness (QED) is 0.542. The van der Waals surface area contributed by atoms with Gasteiger partial charge in [0, 0.05) is 18.7 Å². The molecule has 1 amide bonds. The minimum Gasteiger partial charge on any atom is -0.454 e. The van der Waals surface area contributed by atoms with Crippen molar-refractivity contribution < 1.29 is 14.3 Å². The van der Waals surface area contributed by atoms with Gasteiger partial charge >= 0.3 is 0 Å². The first-order chi connectivity index (χ1) is 12.7. The molecule has 1 aliphatic rings. The van der Waals surface area contributed by atoms with Gasteiger partial charge in [-0.1, -0.05) is 18.2 Å². The van der Waals surface area contributed by atoms with Gasteiger partial charge in [0.1, 0.15) is 0 Å². The number of guanidine groups is 1. The monoisotopic (exact) mass is 354 g/mol. The van der Waals surface area contributed by atoms with E-state index >= 15 is 0 Å². The molecule has 3 rings (SSSR count). The molecule has 7 nitrogen and oxygen atoms in total. The molecule has 1 heterocycles. The molecule has 4 N–H and O–H groups in total. The van der Waals surface area contributed by atoms with Crippen molar-refractivity contribution in [2.75, 3.05) is 13.3 Å². The van der Waals surface area contributed by atoms with Gasteiger partial charge in [-0.05, 0) is 42.3 Å². The summed E-state index contributed by atoms with van der Waals surface area (Å²) in [6, 6.07) is 13.0. The number of hydrogen-bond donors (Lipinski definition) is 3. The van der Waals surface area contributed by atoms with Crippen molar-refractivity contribution in [1.29, 1.82) is 0 Å². The fourth-order valence-electron chi connectivity index (χ4n) is 2.52. The van der Waals surface area contributed by atoms with Crippen LogP contribution in [0.2, 0.25) is 0 Å². The van der Waals surface area contributed by atoms with E-state index in [1.807, 2.05) is 37.3 Å². The highest BCUT2D eigenvalue weighted by atomic mass is 16.7. The van der Waals surface area contributed by atoms with E-state index in [0.29, 0.717) is 24.6 Å². The molecular weight excluding hydrogens is 332 g/mol. The van der Waals surface area contributed by atoms with Gasteiger partial charge in [-0.25, -0.2) is 4.99 Å². The zero-order valence-electron chi connectivity index (χ0n) is 14.6. The van der Waals surface area contributed by atoms with Crippen molar-refractivity contribution in [3.63, 3.8) is 0 Å². The van der Waals surface area contributed by atoms with Crippen LogP contribution >= 0.6 is 0 Å². The number of benzene rings is 2. The van der Waals surface area contributed by atoms with E-state index in [1.165, 1.54) is 0 Å². The van der Waals surface area contributed by atoms with Crippen molar-refractivity contribution in [2.24, 2.45) is 10.7 Å². The Morgan fingerprint density at radius 3 is 2.54 bits per heavy atom. The highest BCUT2D eigenvalue weighted by Gasteiger charge is 2.13. The Morgan fingerprint density at radius 2 is 1.81 bits per heavy atom. The SMILES string of the molecule is CCNC(=NCc1ccc2c(c1)OCO2)NCc1ccc(C(N)=O)cc1. The summed E-state index contributed by atoms with van der Waals surface area (Å²) >= 11 is 0. The maximum absolute atomic E-state index is 11.1. The third-order valence-electron chi connectivity index (χ3n) is 3.90. The third-order valence-corrected chi connectivity index (χ3v) is 3.90. The van der Waals surface area contributed by atoms with Crippen LogP contribution in [0.5, 0.6) is 11.5 Å². The van der Waals surface area contributed by atoms with Gasteiger partial charge in [0.2, 0.25) is 12.7 Å². The van der Waals surface area contributed by atoms with E-state index in [9.17, 15) is 4.79 Å². The molecule has 0 saturated heterocycles. The molecule has 0 unspecified atom stereocenters. The van der Waals surface area contributed by atoms with E-state index in [1.54, 1.807) is 12.1 Å². The van der Waals surface area contributed by atoms with Gasteiger partial charge in [-0.3, -0.25) is 4.79 Å². The average Bonchev–Trinajstić information content (AvgIpc) is 3.12. The van der Waals surface area contributed by atoms with Crippen molar-refractivity contribution in [2.45, 2.75) is 20.0 Å². The second-order valence-electron chi connectivity index (χ2n) is 5.80. The van der Waals surface area contributed by atoms with E-state index in [0.717, 1.165) is 29.2 Å². The summed E-state index contributed by atoms with van der Waals surface area (Å²) in [4.78, 5) is 15.7. The first-order valence-corrected chi connectivity index (χ1v) is 8.45. The number of nitrogens with two attached hydrogens (primary N) is 1. The summed E-state index contributed by atoms with van der Waals surface area (Å²) in [6.07, 6.45) is 0. The van der Waals surface area contributed by atoms with E-state index < -0.39 is 5.91 Å². The van der Waals surface area contributed by atoms with Crippen molar-refractivity contribution in [3.8, 4) is 11.5 Å². The molecule has 2 aromatic rings. The van der Waals surface area contributed by atoms with Crippen molar-refractivity contribution in [3.05, 3.63) is 59.2 Å². The van der Waals surface area contributed by atoms with Crippen LogP contribution < -0.4 is 25.8 Å². The molecule has 0 radical (unpaired) electrons. The Morgan fingerprint density at radius 1 is 1.08 bits per heavy atom. The predicted molar refractivity (Wildman–Crippen MR) is 99.2 cm³/mol. The second-order valence-corrected chi connectivity index (χ2v) is 5.80. The number of rotatable bonds is 6. The van der Waals surface area contributed by atoms with Gasteiger partial charge in [0.25, 0.3) is 0 Å². The van der Waals surface area contributed by atoms with Gasteiger partial charge < -0.3 is 25.8 Å². The molecule has 0 saturated carbocycles. The van der Waals surface area contributed by atoms with Crippen molar-refractivity contribution >= 4 is 11.9 Å². The Balaban J connectivity index is 1.61. The molecule has 0 aliphatic carbocycles. The molecular formula is C19H22N4O3. The number of ether oxygens (including phenoxy) is 2.